The highest BCUT2D eigenvalue weighted by molar-refractivity contribution is 5.83. The van der Waals surface area contributed by atoms with Crippen molar-refractivity contribution in [3.8, 4) is 0 Å². The van der Waals surface area contributed by atoms with Crippen molar-refractivity contribution >= 4 is 29.2 Å². The summed E-state index contributed by atoms with van der Waals surface area (Å²) in [6.07, 6.45) is 6.95. The molecule has 1 aromatic heterocycles. The smallest absolute Gasteiger partial charge is 0.407 e. The SMILES string of the molecule is O=CCNC(=O)OCCC/C=C/c1ccc2cc[nH]c(=O)c2c1. The molecule has 0 radical (unpaired) electrons. The van der Waals surface area contributed by atoms with Crippen LogP contribution in [0.5, 0.6) is 0 Å². The number of unbranched alkanes of at least 4 members (excludes halogenated alkanes) is 1. The predicted octanol–water partition coefficient (Wildman–Crippen LogP) is 2.25. The van der Waals surface area contributed by atoms with E-state index in [-0.39, 0.29) is 18.7 Å². The third kappa shape index (κ3) is 5.10. The van der Waals surface area contributed by atoms with Gasteiger partial charge in [0.1, 0.15) is 6.29 Å². The molecule has 1 amide bonds. The minimum Gasteiger partial charge on any atom is -0.450 e. The number of alkyl carbamates (subject to hydrolysis) is 1. The van der Waals surface area contributed by atoms with Crippen LogP contribution in [-0.4, -0.2) is 30.5 Å². The maximum absolute atomic E-state index is 11.7. The number of aldehydes is 1. The van der Waals surface area contributed by atoms with Gasteiger partial charge in [-0.25, -0.2) is 4.79 Å². The number of hydrogen-bond acceptors (Lipinski definition) is 4. The van der Waals surface area contributed by atoms with Gasteiger partial charge in [-0.3, -0.25) is 4.79 Å². The van der Waals surface area contributed by atoms with Crippen molar-refractivity contribution in [3.63, 3.8) is 0 Å². The van der Waals surface area contributed by atoms with E-state index >= 15 is 0 Å². The number of ether oxygens (including phenoxy) is 1. The number of benzene rings is 1. The molecular weight excluding hydrogens is 296 g/mol. The molecule has 0 aliphatic carbocycles. The third-order valence-electron chi connectivity index (χ3n) is 3.19. The van der Waals surface area contributed by atoms with Crippen molar-refractivity contribution < 1.29 is 14.3 Å². The van der Waals surface area contributed by atoms with Gasteiger partial charge in [-0.05, 0) is 35.9 Å². The van der Waals surface area contributed by atoms with Gasteiger partial charge in [-0.1, -0.05) is 24.3 Å². The van der Waals surface area contributed by atoms with Crippen LogP contribution in [0.1, 0.15) is 18.4 Å². The quantitative estimate of drug-likeness (QED) is 0.606. The van der Waals surface area contributed by atoms with Gasteiger partial charge in [0, 0.05) is 11.6 Å². The van der Waals surface area contributed by atoms with Crippen molar-refractivity contribution in [3.05, 3.63) is 52.5 Å². The lowest BCUT2D eigenvalue weighted by Crippen LogP contribution is -2.26. The fourth-order valence-electron chi connectivity index (χ4n) is 2.07. The Hall–Kier alpha value is -2.89. The topological polar surface area (TPSA) is 88.3 Å². The molecule has 120 valence electrons. The summed E-state index contributed by atoms with van der Waals surface area (Å²) in [5.41, 5.74) is 0.839. The summed E-state index contributed by atoms with van der Waals surface area (Å²) < 4.78 is 4.88. The van der Waals surface area contributed by atoms with Crippen LogP contribution in [0.4, 0.5) is 4.79 Å². The molecule has 0 aliphatic rings. The minimum absolute atomic E-state index is 0.0418. The molecule has 0 saturated heterocycles. The maximum Gasteiger partial charge on any atom is 0.407 e. The average molecular weight is 314 g/mol. The minimum atomic E-state index is -0.588. The average Bonchev–Trinajstić information content (AvgIpc) is 2.56. The Labute approximate surface area is 133 Å². The molecule has 1 heterocycles. The highest BCUT2D eigenvalue weighted by Gasteiger charge is 1.99. The van der Waals surface area contributed by atoms with Gasteiger partial charge >= 0.3 is 6.09 Å². The number of allylic oxidation sites excluding steroid dienone is 1. The molecule has 0 fully saturated rings. The van der Waals surface area contributed by atoms with Crippen molar-refractivity contribution in [1.82, 2.24) is 10.3 Å². The number of pyridine rings is 1. The van der Waals surface area contributed by atoms with Gasteiger partial charge in [0.25, 0.3) is 5.56 Å². The first kappa shape index (κ1) is 16.5. The Morgan fingerprint density at radius 2 is 2.17 bits per heavy atom. The second-order valence-electron chi connectivity index (χ2n) is 4.88. The second kappa shape index (κ2) is 8.53. The lowest BCUT2D eigenvalue weighted by Gasteiger charge is -2.03. The fraction of sp³-hybridized carbons (Fsp3) is 0.235. The summed E-state index contributed by atoms with van der Waals surface area (Å²) in [6, 6.07) is 7.55. The van der Waals surface area contributed by atoms with E-state index in [1.54, 1.807) is 6.20 Å². The first-order valence-corrected chi connectivity index (χ1v) is 7.33. The second-order valence-corrected chi connectivity index (χ2v) is 4.88. The zero-order valence-electron chi connectivity index (χ0n) is 12.6. The molecule has 0 saturated carbocycles. The van der Waals surface area contributed by atoms with E-state index in [0.29, 0.717) is 18.1 Å². The van der Waals surface area contributed by atoms with E-state index in [0.717, 1.165) is 17.4 Å². The van der Waals surface area contributed by atoms with Crippen molar-refractivity contribution in [2.24, 2.45) is 0 Å². The monoisotopic (exact) mass is 314 g/mol. The summed E-state index contributed by atoms with van der Waals surface area (Å²) in [5.74, 6) is 0. The number of carbonyl (C=O) groups is 2. The van der Waals surface area contributed by atoms with E-state index in [1.807, 2.05) is 36.4 Å². The highest BCUT2D eigenvalue weighted by atomic mass is 16.5. The lowest BCUT2D eigenvalue weighted by atomic mass is 10.1. The van der Waals surface area contributed by atoms with Crippen LogP contribution < -0.4 is 10.9 Å². The van der Waals surface area contributed by atoms with E-state index in [4.69, 9.17) is 4.74 Å². The van der Waals surface area contributed by atoms with Gasteiger partial charge in [0.2, 0.25) is 0 Å². The Morgan fingerprint density at radius 1 is 1.30 bits per heavy atom. The van der Waals surface area contributed by atoms with Crippen LogP contribution in [0, 0.1) is 0 Å². The Kier molecular flexibility index (Phi) is 6.11. The first-order valence-electron chi connectivity index (χ1n) is 7.33. The zero-order valence-corrected chi connectivity index (χ0v) is 12.6. The van der Waals surface area contributed by atoms with Crippen LogP contribution in [0.3, 0.4) is 0 Å². The number of rotatable bonds is 7. The van der Waals surface area contributed by atoms with Gasteiger partial charge in [-0.2, -0.15) is 0 Å². The summed E-state index contributed by atoms with van der Waals surface area (Å²) in [4.78, 5) is 35.5. The summed E-state index contributed by atoms with van der Waals surface area (Å²) in [6.45, 7) is 0.242. The molecule has 0 spiro atoms. The Morgan fingerprint density at radius 3 is 3.00 bits per heavy atom. The number of carbonyl (C=O) groups excluding carboxylic acids is 2. The molecule has 2 rings (SSSR count). The number of hydrogen-bond donors (Lipinski definition) is 2. The molecule has 6 heteroatoms. The molecule has 0 unspecified atom stereocenters. The number of aromatic nitrogens is 1. The Balaban J connectivity index is 1.80. The van der Waals surface area contributed by atoms with Crippen LogP contribution in [0.15, 0.2) is 41.3 Å². The van der Waals surface area contributed by atoms with Crippen LogP contribution in [0.2, 0.25) is 0 Å². The summed E-state index contributed by atoms with van der Waals surface area (Å²) in [7, 11) is 0. The van der Waals surface area contributed by atoms with E-state index < -0.39 is 6.09 Å². The van der Waals surface area contributed by atoms with Gasteiger partial charge in [0.15, 0.2) is 0 Å². The number of amides is 1. The number of aromatic amines is 1. The van der Waals surface area contributed by atoms with E-state index in [2.05, 4.69) is 10.3 Å². The van der Waals surface area contributed by atoms with Gasteiger partial charge in [-0.15, -0.1) is 0 Å². The van der Waals surface area contributed by atoms with E-state index in [1.165, 1.54) is 0 Å². The maximum atomic E-state index is 11.7. The molecule has 0 aliphatic heterocycles. The number of nitrogens with one attached hydrogen (secondary N) is 2. The van der Waals surface area contributed by atoms with Crippen LogP contribution in [-0.2, 0) is 9.53 Å². The predicted molar refractivity (Wildman–Crippen MR) is 88.3 cm³/mol. The largest absolute Gasteiger partial charge is 0.450 e. The normalized spacial score (nSPS) is 10.8. The van der Waals surface area contributed by atoms with Gasteiger partial charge < -0.3 is 19.8 Å². The van der Waals surface area contributed by atoms with Gasteiger partial charge in [0.05, 0.1) is 13.2 Å². The first-order chi connectivity index (χ1) is 11.2. The summed E-state index contributed by atoms with van der Waals surface area (Å²) >= 11 is 0. The van der Waals surface area contributed by atoms with Crippen LogP contribution >= 0.6 is 0 Å². The van der Waals surface area contributed by atoms with Crippen molar-refractivity contribution in [2.75, 3.05) is 13.2 Å². The standard InChI is InChI=1S/C17H18N2O4/c20-10-9-19-17(22)23-11-3-1-2-4-13-5-6-14-7-8-18-16(21)15(14)12-13/h2,4-8,10,12H,1,3,9,11H2,(H,18,21)(H,19,22)/b4-2+. The molecule has 6 nitrogen and oxygen atoms in total. The fourth-order valence-corrected chi connectivity index (χ4v) is 2.07. The van der Waals surface area contributed by atoms with Crippen molar-refractivity contribution in [2.45, 2.75) is 12.8 Å². The zero-order chi connectivity index (χ0) is 16.5. The molecule has 0 atom stereocenters. The van der Waals surface area contributed by atoms with E-state index in [9.17, 15) is 14.4 Å². The molecule has 0 bridgehead atoms. The third-order valence-corrected chi connectivity index (χ3v) is 3.19. The number of H-pyrrole nitrogens is 1. The molecule has 23 heavy (non-hydrogen) atoms. The molecular formula is C17H18N2O4. The Bertz CT molecular complexity index is 765. The summed E-state index contributed by atoms with van der Waals surface area (Å²) in [5, 5.41) is 3.85. The molecule has 1 aromatic carbocycles. The molecule has 2 aromatic rings. The highest BCUT2D eigenvalue weighted by Crippen LogP contribution is 2.13. The van der Waals surface area contributed by atoms with Crippen LogP contribution in [0.25, 0.3) is 16.8 Å². The lowest BCUT2D eigenvalue weighted by molar-refractivity contribution is -0.107. The number of fused-ring (bicyclic) bond motifs is 1. The molecule has 2 N–H and O–H groups in total. The van der Waals surface area contributed by atoms with Crippen molar-refractivity contribution in [1.29, 1.82) is 0 Å².